The van der Waals surface area contributed by atoms with Crippen LogP contribution < -0.4 is 10.6 Å². The number of amides is 1. The first-order chi connectivity index (χ1) is 12.9. The molecule has 1 aliphatic rings. The van der Waals surface area contributed by atoms with E-state index in [9.17, 15) is 9.18 Å². The van der Waals surface area contributed by atoms with E-state index in [1.807, 2.05) is 4.68 Å². The van der Waals surface area contributed by atoms with E-state index in [-0.39, 0.29) is 23.7 Å². The zero-order chi connectivity index (χ0) is 19.4. The number of carbonyl (C=O) groups excluding carboxylic acids is 1. The summed E-state index contributed by atoms with van der Waals surface area (Å²) in [6.07, 6.45) is 2.57. The van der Waals surface area contributed by atoms with Gasteiger partial charge in [-0.25, -0.2) is 9.07 Å². The van der Waals surface area contributed by atoms with Crippen LogP contribution in [0.3, 0.4) is 0 Å². The summed E-state index contributed by atoms with van der Waals surface area (Å²) in [5.41, 5.74) is 6.43. The van der Waals surface area contributed by atoms with Gasteiger partial charge in [-0.2, -0.15) is 0 Å². The number of nitrogens with one attached hydrogen (secondary N) is 1. The number of carbonyl (C=O) groups is 1. The highest BCUT2D eigenvalue weighted by Gasteiger charge is 2.35. The molecule has 7 nitrogen and oxygen atoms in total. The van der Waals surface area contributed by atoms with E-state index in [2.05, 4.69) is 29.4 Å². The second kappa shape index (κ2) is 8.56. The van der Waals surface area contributed by atoms with Crippen molar-refractivity contribution in [3.05, 3.63) is 41.5 Å². The molecule has 0 radical (unpaired) electrons. The predicted molar refractivity (Wildman–Crippen MR) is 98.1 cm³/mol. The van der Waals surface area contributed by atoms with E-state index in [4.69, 9.17) is 5.73 Å². The average molecular weight is 375 g/mol. The summed E-state index contributed by atoms with van der Waals surface area (Å²) in [5, 5.41) is 12.4. The molecule has 1 amide bonds. The van der Waals surface area contributed by atoms with E-state index in [1.54, 1.807) is 12.1 Å². The molecule has 1 aromatic carbocycles. The highest BCUT2D eigenvalue weighted by Crippen LogP contribution is 2.19. The largest absolute Gasteiger partial charge is 0.369 e. The van der Waals surface area contributed by atoms with E-state index in [0.29, 0.717) is 12.5 Å². The lowest BCUT2D eigenvalue weighted by molar-refractivity contribution is -0.938. The molecule has 2 heterocycles. The minimum absolute atomic E-state index is 0.0244. The summed E-state index contributed by atoms with van der Waals surface area (Å²) in [6.45, 7) is 6.66. The minimum atomic E-state index is -0.255. The van der Waals surface area contributed by atoms with Crippen molar-refractivity contribution >= 4 is 5.91 Å². The van der Waals surface area contributed by atoms with E-state index in [0.717, 1.165) is 43.7 Å². The first-order valence-corrected chi connectivity index (χ1v) is 9.58. The molecule has 1 aliphatic heterocycles. The van der Waals surface area contributed by atoms with Gasteiger partial charge in [-0.15, -0.1) is 5.10 Å². The molecule has 3 N–H and O–H groups in total. The lowest BCUT2D eigenvalue weighted by Crippen LogP contribution is -3.13. The molecular formula is C19H28FN6O+. The molecule has 0 spiro atoms. The number of piperidine rings is 1. The fraction of sp³-hybridized carbons (Fsp3) is 0.579. The van der Waals surface area contributed by atoms with Crippen LogP contribution >= 0.6 is 0 Å². The molecule has 0 aliphatic carbocycles. The summed E-state index contributed by atoms with van der Waals surface area (Å²) >= 11 is 0. The standard InChI is InChI=1S/C19H27FN6O/c1-13(2)11-17(25-9-7-15(8-10-25)18(21)27)19-22-23-24-26(19)12-14-3-5-16(20)6-4-14/h3-6,13,15,17H,7-12H2,1-2H3,(H2,21,27)/p+1/t17-/m0/s1. The van der Waals surface area contributed by atoms with Crippen molar-refractivity contribution in [2.75, 3.05) is 13.1 Å². The van der Waals surface area contributed by atoms with Gasteiger partial charge in [0.1, 0.15) is 11.9 Å². The highest BCUT2D eigenvalue weighted by molar-refractivity contribution is 5.76. The Labute approximate surface area is 158 Å². The van der Waals surface area contributed by atoms with Crippen LogP contribution in [0.4, 0.5) is 4.39 Å². The Morgan fingerprint density at radius 2 is 1.96 bits per heavy atom. The van der Waals surface area contributed by atoms with Crippen LogP contribution in [-0.4, -0.2) is 39.2 Å². The maximum Gasteiger partial charge on any atom is 0.220 e. The monoisotopic (exact) mass is 375 g/mol. The molecule has 27 heavy (non-hydrogen) atoms. The zero-order valence-electron chi connectivity index (χ0n) is 15.9. The number of aromatic nitrogens is 4. The number of quaternary nitrogens is 1. The lowest BCUT2D eigenvalue weighted by atomic mass is 9.93. The second-order valence-corrected chi connectivity index (χ2v) is 7.84. The van der Waals surface area contributed by atoms with Gasteiger partial charge in [0.2, 0.25) is 11.7 Å². The van der Waals surface area contributed by atoms with E-state index in [1.165, 1.54) is 17.0 Å². The van der Waals surface area contributed by atoms with Gasteiger partial charge in [-0.05, 0) is 34.0 Å². The van der Waals surface area contributed by atoms with Crippen LogP contribution in [0.1, 0.15) is 50.5 Å². The SMILES string of the molecule is CC(C)C[C@@H](c1nnnn1Cc1ccc(F)cc1)[NH+]1CCC(C(N)=O)CC1. The van der Waals surface area contributed by atoms with Crippen LogP contribution in [0.15, 0.2) is 24.3 Å². The van der Waals surface area contributed by atoms with Crippen molar-refractivity contribution in [3.63, 3.8) is 0 Å². The van der Waals surface area contributed by atoms with Gasteiger partial charge in [-0.1, -0.05) is 26.0 Å². The molecule has 146 valence electrons. The van der Waals surface area contributed by atoms with Gasteiger partial charge < -0.3 is 10.6 Å². The number of nitrogens with two attached hydrogens (primary N) is 1. The van der Waals surface area contributed by atoms with Crippen LogP contribution in [-0.2, 0) is 11.3 Å². The third-order valence-corrected chi connectivity index (χ3v) is 5.35. The summed E-state index contributed by atoms with van der Waals surface area (Å²) in [6, 6.07) is 6.57. The Morgan fingerprint density at radius 3 is 2.56 bits per heavy atom. The summed E-state index contributed by atoms with van der Waals surface area (Å²) in [4.78, 5) is 12.9. The van der Waals surface area contributed by atoms with E-state index >= 15 is 0 Å². The molecular weight excluding hydrogens is 347 g/mol. The Balaban J connectivity index is 1.78. The molecule has 1 atom stereocenters. The third-order valence-electron chi connectivity index (χ3n) is 5.35. The summed E-state index contributed by atoms with van der Waals surface area (Å²) < 4.78 is 15.0. The number of nitrogens with zero attached hydrogens (tertiary/aromatic N) is 4. The molecule has 1 saturated heterocycles. The van der Waals surface area contributed by atoms with Crippen molar-refractivity contribution in [3.8, 4) is 0 Å². The number of benzene rings is 1. The predicted octanol–water partition coefficient (Wildman–Crippen LogP) is 0.728. The van der Waals surface area contributed by atoms with Gasteiger partial charge in [0, 0.05) is 25.2 Å². The van der Waals surface area contributed by atoms with Crippen molar-refractivity contribution in [1.29, 1.82) is 0 Å². The number of halogens is 1. The quantitative estimate of drug-likeness (QED) is 0.746. The molecule has 2 aromatic rings. The fourth-order valence-electron chi connectivity index (χ4n) is 3.88. The molecule has 1 fully saturated rings. The van der Waals surface area contributed by atoms with Crippen molar-refractivity contribution in [2.45, 2.75) is 45.7 Å². The van der Waals surface area contributed by atoms with Crippen LogP contribution in [0, 0.1) is 17.7 Å². The van der Waals surface area contributed by atoms with Crippen LogP contribution in [0.5, 0.6) is 0 Å². The summed E-state index contributed by atoms with van der Waals surface area (Å²) in [5.74, 6) is 0.863. The number of hydrogen-bond donors (Lipinski definition) is 2. The Hall–Kier alpha value is -2.35. The summed E-state index contributed by atoms with van der Waals surface area (Å²) in [7, 11) is 0. The molecule has 0 saturated carbocycles. The van der Waals surface area contributed by atoms with Crippen LogP contribution in [0.25, 0.3) is 0 Å². The normalized spacial score (nSPS) is 21.3. The Kier molecular flexibility index (Phi) is 6.15. The molecule has 0 unspecified atom stereocenters. The maximum atomic E-state index is 13.2. The number of primary amides is 1. The maximum absolute atomic E-state index is 13.2. The molecule has 0 bridgehead atoms. The third kappa shape index (κ3) is 4.88. The average Bonchev–Trinajstić information content (AvgIpc) is 3.09. The molecule has 3 rings (SSSR count). The molecule has 1 aromatic heterocycles. The first-order valence-electron chi connectivity index (χ1n) is 9.58. The fourth-order valence-corrected chi connectivity index (χ4v) is 3.88. The van der Waals surface area contributed by atoms with Gasteiger partial charge in [-0.3, -0.25) is 4.79 Å². The van der Waals surface area contributed by atoms with Crippen molar-refractivity contribution in [1.82, 2.24) is 20.2 Å². The lowest BCUT2D eigenvalue weighted by Gasteiger charge is -2.34. The highest BCUT2D eigenvalue weighted by atomic mass is 19.1. The smallest absolute Gasteiger partial charge is 0.220 e. The van der Waals surface area contributed by atoms with Gasteiger partial charge in [0.05, 0.1) is 19.6 Å². The van der Waals surface area contributed by atoms with Gasteiger partial charge in [0.25, 0.3) is 0 Å². The Bertz CT molecular complexity index is 752. The van der Waals surface area contributed by atoms with E-state index < -0.39 is 0 Å². The van der Waals surface area contributed by atoms with Crippen LogP contribution in [0.2, 0.25) is 0 Å². The number of hydrogen-bond acceptors (Lipinski definition) is 4. The topological polar surface area (TPSA) is 91.1 Å². The van der Waals surface area contributed by atoms with Gasteiger partial charge >= 0.3 is 0 Å². The zero-order valence-corrected chi connectivity index (χ0v) is 15.9. The first kappa shape index (κ1) is 19.4. The van der Waals surface area contributed by atoms with Crippen molar-refractivity contribution < 1.29 is 14.1 Å². The second-order valence-electron chi connectivity index (χ2n) is 7.84. The van der Waals surface area contributed by atoms with Gasteiger partial charge in [0.15, 0.2) is 0 Å². The molecule has 8 heteroatoms. The minimum Gasteiger partial charge on any atom is -0.369 e. The van der Waals surface area contributed by atoms with Crippen molar-refractivity contribution in [2.24, 2.45) is 17.6 Å². The number of rotatable bonds is 7. The Morgan fingerprint density at radius 1 is 1.30 bits per heavy atom. The number of likely N-dealkylation sites (tertiary alicyclic amines) is 1. The number of tetrazole rings is 1.